The molecule has 1 aromatic heterocycles. The summed E-state index contributed by atoms with van der Waals surface area (Å²) in [5.41, 5.74) is 2.81. The van der Waals surface area contributed by atoms with Crippen LogP contribution in [0, 0.1) is 11.8 Å². The van der Waals surface area contributed by atoms with Gasteiger partial charge in [-0.1, -0.05) is 38.3 Å². The van der Waals surface area contributed by atoms with Crippen molar-refractivity contribution in [1.29, 1.82) is 0 Å². The summed E-state index contributed by atoms with van der Waals surface area (Å²) in [6, 6.07) is 4.35. The summed E-state index contributed by atoms with van der Waals surface area (Å²) >= 11 is 7.60. The first kappa shape index (κ1) is 14.1. The van der Waals surface area contributed by atoms with Crippen LogP contribution in [-0.2, 0) is 0 Å². The van der Waals surface area contributed by atoms with Crippen LogP contribution in [0.4, 0.5) is 5.69 Å². The molecule has 1 saturated carbocycles. The van der Waals surface area contributed by atoms with E-state index in [1.807, 2.05) is 12.1 Å². The number of halogens is 1. The third-order valence-corrected chi connectivity index (χ3v) is 5.24. The maximum atomic E-state index is 6.35. The fourth-order valence-corrected chi connectivity index (χ4v) is 3.88. The molecule has 0 amide bonds. The van der Waals surface area contributed by atoms with E-state index < -0.39 is 0 Å². The summed E-state index contributed by atoms with van der Waals surface area (Å²) < 4.78 is 8.67. The summed E-state index contributed by atoms with van der Waals surface area (Å²) in [6.07, 6.45) is 5.09. The summed E-state index contributed by atoms with van der Waals surface area (Å²) in [7, 11) is 0. The third-order valence-electron chi connectivity index (χ3n) is 4.38. The minimum Gasteiger partial charge on any atom is -0.379 e. The first-order valence-electron chi connectivity index (χ1n) is 7.32. The van der Waals surface area contributed by atoms with Crippen molar-refractivity contribution >= 4 is 40.0 Å². The number of nitrogens with zero attached hydrogens (tertiary/aromatic N) is 2. The first-order valence-corrected chi connectivity index (χ1v) is 8.43. The number of hydrogen-bond acceptors (Lipinski definition) is 4. The van der Waals surface area contributed by atoms with E-state index in [1.165, 1.54) is 37.4 Å². The molecule has 3 nitrogen and oxygen atoms in total. The normalized spacial score (nSPS) is 23.4. The Hall–Kier alpha value is -0.870. The fraction of sp³-hybridized carbons (Fsp3) is 0.600. The molecule has 2 atom stereocenters. The molecule has 0 saturated heterocycles. The number of aromatic nitrogens is 2. The van der Waals surface area contributed by atoms with Gasteiger partial charge in [0.1, 0.15) is 11.0 Å². The molecule has 2 unspecified atom stereocenters. The number of anilines is 1. The van der Waals surface area contributed by atoms with E-state index in [1.54, 1.807) is 0 Å². The molecule has 1 aliphatic carbocycles. The van der Waals surface area contributed by atoms with Crippen LogP contribution >= 0.6 is 23.3 Å². The van der Waals surface area contributed by atoms with E-state index in [4.69, 9.17) is 11.6 Å². The van der Waals surface area contributed by atoms with Gasteiger partial charge in [-0.25, -0.2) is 0 Å². The maximum absolute atomic E-state index is 6.35. The summed E-state index contributed by atoms with van der Waals surface area (Å²) in [6.45, 7) is 4.65. The Kier molecular flexibility index (Phi) is 4.13. The van der Waals surface area contributed by atoms with Crippen LogP contribution in [0.1, 0.15) is 39.5 Å². The van der Waals surface area contributed by atoms with Crippen molar-refractivity contribution in [3.05, 3.63) is 17.2 Å². The zero-order valence-electron chi connectivity index (χ0n) is 11.9. The topological polar surface area (TPSA) is 37.8 Å². The fourth-order valence-electron chi connectivity index (χ4n) is 3.13. The minimum absolute atomic E-state index is 0.501. The van der Waals surface area contributed by atoms with Gasteiger partial charge in [-0.05, 0) is 36.8 Å². The summed E-state index contributed by atoms with van der Waals surface area (Å²) in [4.78, 5) is 0. The smallest absolute Gasteiger partial charge is 0.129 e. The Morgan fingerprint density at radius 1 is 1.30 bits per heavy atom. The average Bonchev–Trinajstić information content (AvgIpc) is 2.91. The molecule has 2 aromatic rings. The molecule has 1 heterocycles. The molecule has 5 heteroatoms. The Morgan fingerprint density at radius 3 is 2.95 bits per heavy atom. The van der Waals surface area contributed by atoms with Crippen LogP contribution in [0.5, 0.6) is 0 Å². The molecule has 1 N–H and O–H groups in total. The predicted octanol–water partition coefficient (Wildman–Crippen LogP) is 4.97. The monoisotopic (exact) mass is 309 g/mol. The largest absolute Gasteiger partial charge is 0.379 e. The maximum Gasteiger partial charge on any atom is 0.129 e. The third kappa shape index (κ3) is 2.77. The molecule has 0 radical (unpaired) electrons. The number of benzene rings is 1. The summed E-state index contributed by atoms with van der Waals surface area (Å²) in [5, 5.41) is 4.38. The number of hydrogen-bond donors (Lipinski definition) is 1. The Morgan fingerprint density at radius 2 is 2.15 bits per heavy atom. The zero-order valence-corrected chi connectivity index (χ0v) is 13.5. The lowest BCUT2D eigenvalue weighted by Crippen LogP contribution is -2.29. The lowest BCUT2D eigenvalue weighted by atomic mass is 9.79. The van der Waals surface area contributed by atoms with Crippen molar-refractivity contribution < 1.29 is 0 Å². The van der Waals surface area contributed by atoms with Gasteiger partial charge >= 0.3 is 0 Å². The Labute approximate surface area is 129 Å². The van der Waals surface area contributed by atoms with Crippen molar-refractivity contribution in [3.63, 3.8) is 0 Å². The van der Waals surface area contributed by atoms with E-state index in [0.717, 1.165) is 33.6 Å². The van der Waals surface area contributed by atoms with E-state index >= 15 is 0 Å². The minimum atomic E-state index is 0.501. The molecular weight excluding hydrogens is 290 g/mol. The van der Waals surface area contributed by atoms with E-state index in [9.17, 15) is 0 Å². The molecule has 0 bridgehead atoms. The second kappa shape index (κ2) is 5.86. The van der Waals surface area contributed by atoms with Gasteiger partial charge in [-0.15, -0.1) is 0 Å². The van der Waals surface area contributed by atoms with Crippen LogP contribution in [0.25, 0.3) is 11.0 Å². The van der Waals surface area contributed by atoms with Gasteiger partial charge < -0.3 is 5.32 Å². The highest BCUT2D eigenvalue weighted by Gasteiger charge is 2.25. The highest BCUT2D eigenvalue weighted by molar-refractivity contribution is 7.00. The van der Waals surface area contributed by atoms with Crippen molar-refractivity contribution in [1.82, 2.24) is 8.75 Å². The van der Waals surface area contributed by atoms with Crippen molar-refractivity contribution in [2.45, 2.75) is 45.6 Å². The Bertz CT molecular complexity index is 596. The lowest BCUT2D eigenvalue weighted by molar-refractivity contribution is 0.264. The van der Waals surface area contributed by atoms with E-state index in [-0.39, 0.29) is 0 Å². The van der Waals surface area contributed by atoms with Gasteiger partial charge in [-0.3, -0.25) is 0 Å². The van der Waals surface area contributed by atoms with E-state index in [0.29, 0.717) is 6.04 Å². The molecule has 1 aliphatic rings. The summed E-state index contributed by atoms with van der Waals surface area (Å²) in [5.74, 6) is 1.57. The molecular formula is C15H20ClN3S. The van der Waals surface area contributed by atoms with Gasteiger partial charge in [-0.2, -0.15) is 8.75 Å². The molecule has 0 aliphatic heterocycles. The van der Waals surface area contributed by atoms with Crippen LogP contribution < -0.4 is 5.32 Å². The van der Waals surface area contributed by atoms with Gasteiger partial charge in [0.2, 0.25) is 0 Å². The second-order valence-corrected chi connectivity index (χ2v) is 7.00. The average molecular weight is 310 g/mol. The van der Waals surface area contributed by atoms with Crippen molar-refractivity contribution in [2.75, 3.05) is 5.32 Å². The number of rotatable bonds is 3. The Balaban J connectivity index is 1.82. The molecule has 3 rings (SSSR count). The second-order valence-electron chi connectivity index (χ2n) is 6.07. The molecule has 1 aromatic carbocycles. The zero-order chi connectivity index (χ0) is 14.1. The highest BCUT2D eigenvalue weighted by atomic mass is 35.5. The van der Waals surface area contributed by atoms with E-state index in [2.05, 4.69) is 27.9 Å². The van der Waals surface area contributed by atoms with Gasteiger partial charge in [0, 0.05) is 6.04 Å². The lowest BCUT2D eigenvalue weighted by Gasteiger charge is -2.32. The first-order chi connectivity index (χ1) is 9.65. The van der Waals surface area contributed by atoms with Gasteiger partial charge in [0.05, 0.1) is 22.4 Å². The molecule has 20 heavy (non-hydrogen) atoms. The quantitative estimate of drug-likeness (QED) is 0.869. The molecule has 108 valence electrons. The molecule has 0 spiro atoms. The van der Waals surface area contributed by atoms with Crippen LogP contribution in [0.15, 0.2) is 12.1 Å². The van der Waals surface area contributed by atoms with Crippen LogP contribution in [0.2, 0.25) is 5.02 Å². The number of fused-ring (bicyclic) bond motifs is 1. The molecule has 1 fully saturated rings. The van der Waals surface area contributed by atoms with Crippen LogP contribution in [-0.4, -0.2) is 14.8 Å². The predicted molar refractivity (Wildman–Crippen MR) is 86.6 cm³/mol. The number of nitrogens with one attached hydrogen (secondary N) is 1. The van der Waals surface area contributed by atoms with Crippen molar-refractivity contribution in [3.8, 4) is 0 Å². The standard InChI is InChI=1S/C15H20ClN3S/c1-9(2)10-4-3-5-11(8-10)17-14-12(16)6-7-13-15(14)19-20-18-13/h6-7,9-11,17H,3-5,8H2,1-2H3. The highest BCUT2D eigenvalue weighted by Crippen LogP contribution is 2.35. The van der Waals surface area contributed by atoms with Crippen LogP contribution in [0.3, 0.4) is 0 Å². The van der Waals surface area contributed by atoms with Gasteiger partial charge in [0.15, 0.2) is 0 Å². The SMILES string of the molecule is CC(C)C1CCCC(Nc2c(Cl)ccc3nsnc23)C1. The van der Waals surface area contributed by atoms with Gasteiger partial charge in [0.25, 0.3) is 0 Å². The van der Waals surface area contributed by atoms with Crippen molar-refractivity contribution in [2.24, 2.45) is 11.8 Å².